The van der Waals surface area contributed by atoms with Crippen molar-refractivity contribution in [3.63, 3.8) is 0 Å². The van der Waals surface area contributed by atoms with E-state index in [0.29, 0.717) is 17.4 Å². The van der Waals surface area contributed by atoms with Crippen LogP contribution >= 0.6 is 0 Å². The maximum Gasteiger partial charge on any atom is 0.123 e. The van der Waals surface area contributed by atoms with E-state index in [1.807, 2.05) is 12.1 Å². The molecule has 0 fully saturated rings. The number of hydrogen-bond donors (Lipinski definition) is 2. The summed E-state index contributed by atoms with van der Waals surface area (Å²) < 4.78 is 0. The second-order valence-corrected chi connectivity index (χ2v) is 8.79. The summed E-state index contributed by atoms with van der Waals surface area (Å²) >= 11 is 0. The first-order valence-electron chi connectivity index (χ1n) is 9.72. The third kappa shape index (κ3) is 5.52. The molecule has 2 atom stereocenters. The first-order valence-corrected chi connectivity index (χ1v) is 9.72. The van der Waals surface area contributed by atoms with Crippen LogP contribution in [0.4, 0.5) is 0 Å². The van der Waals surface area contributed by atoms with Gasteiger partial charge < -0.3 is 10.2 Å². The molecule has 0 spiro atoms. The van der Waals surface area contributed by atoms with Crippen molar-refractivity contribution in [2.45, 2.75) is 86.0 Å². The predicted octanol–water partition coefficient (Wildman–Crippen LogP) is 6.91. The first-order chi connectivity index (χ1) is 11.5. The molecular weight excluding hydrogens is 308 g/mol. The smallest absolute Gasteiger partial charge is 0.123 e. The molecule has 0 bridgehead atoms. The minimum absolute atomic E-state index is 0.0119. The van der Waals surface area contributed by atoms with Gasteiger partial charge in [0.2, 0.25) is 0 Å². The summed E-state index contributed by atoms with van der Waals surface area (Å²) in [6.45, 7) is 17.2. The van der Waals surface area contributed by atoms with Gasteiger partial charge in [0.15, 0.2) is 0 Å². The molecule has 0 saturated carbocycles. The lowest BCUT2D eigenvalue weighted by Gasteiger charge is -2.30. The number of rotatable bonds is 8. The highest BCUT2D eigenvalue weighted by molar-refractivity contribution is 5.52. The number of unbranched alkanes of at least 4 members (excludes halogenated alkanes) is 1. The maximum atomic E-state index is 10.8. The summed E-state index contributed by atoms with van der Waals surface area (Å²) in [6.07, 6.45) is 5.50. The van der Waals surface area contributed by atoms with E-state index in [1.54, 1.807) is 0 Å². The van der Waals surface area contributed by atoms with Gasteiger partial charge in [-0.15, -0.1) is 0 Å². The van der Waals surface area contributed by atoms with E-state index in [9.17, 15) is 10.2 Å². The van der Waals surface area contributed by atoms with Crippen LogP contribution in [0.3, 0.4) is 0 Å². The van der Waals surface area contributed by atoms with Crippen molar-refractivity contribution in [3.05, 3.63) is 34.9 Å². The molecule has 1 rings (SSSR count). The minimum atomic E-state index is -0.0564. The number of allylic oxidation sites excluding steroid dienone is 2. The zero-order valence-electron chi connectivity index (χ0n) is 17.5. The van der Waals surface area contributed by atoms with Gasteiger partial charge in [-0.1, -0.05) is 66.0 Å². The van der Waals surface area contributed by atoms with E-state index in [2.05, 4.69) is 61.5 Å². The summed E-state index contributed by atoms with van der Waals surface area (Å²) in [5.41, 5.74) is 2.81. The second-order valence-electron chi connectivity index (χ2n) is 8.79. The van der Waals surface area contributed by atoms with Crippen LogP contribution in [-0.4, -0.2) is 10.2 Å². The molecule has 25 heavy (non-hydrogen) atoms. The average Bonchev–Trinajstić information content (AvgIpc) is 2.50. The fraction of sp³-hybridized carbons (Fsp3) is 0.652. The van der Waals surface area contributed by atoms with Gasteiger partial charge in [-0.3, -0.25) is 0 Å². The zero-order valence-corrected chi connectivity index (χ0v) is 17.5. The Hall–Kier alpha value is -1.44. The lowest BCUT2D eigenvalue weighted by atomic mass is 9.76. The third-order valence-electron chi connectivity index (χ3n) is 5.54. The number of benzene rings is 1. The summed E-state index contributed by atoms with van der Waals surface area (Å²) in [5.74, 6) is 1.23. The Morgan fingerprint density at radius 2 is 1.60 bits per heavy atom. The van der Waals surface area contributed by atoms with Crippen molar-refractivity contribution >= 4 is 0 Å². The fourth-order valence-corrected chi connectivity index (χ4v) is 3.39. The number of hydrogen-bond acceptors (Lipinski definition) is 2. The Labute approximate surface area is 155 Å². The molecule has 0 amide bonds. The second kappa shape index (κ2) is 8.78. The van der Waals surface area contributed by atoms with Gasteiger partial charge in [0.1, 0.15) is 11.5 Å². The summed E-state index contributed by atoms with van der Waals surface area (Å²) in [7, 11) is 0. The van der Waals surface area contributed by atoms with Gasteiger partial charge in [-0.2, -0.15) is 0 Å². The molecule has 2 heteroatoms. The quantitative estimate of drug-likeness (QED) is 0.502. The molecule has 2 nitrogen and oxygen atoms in total. The topological polar surface area (TPSA) is 40.5 Å². The molecule has 0 heterocycles. The van der Waals surface area contributed by atoms with Crippen LogP contribution < -0.4 is 0 Å². The molecule has 0 saturated heterocycles. The highest BCUT2D eigenvalue weighted by atomic mass is 16.3. The minimum Gasteiger partial charge on any atom is -0.507 e. The fourth-order valence-electron chi connectivity index (χ4n) is 3.39. The molecule has 2 N–H and O–H groups in total. The van der Waals surface area contributed by atoms with E-state index in [-0.39, 0.29) is 22.8 Å². The summed E-state index contributed by atoms with van der Waals surface area (Å²) in [5, 5.41) is 21.6. The number of phenols is 2. The molecule has 0 aromatic heterocycles. The Balaban J connectivity index is 3.39. The molecule has 1 aromatic rings. The normalized spacial score (nSPS) is 14.4. The van der Waals surface area contributed by atoms with Gasteiger partial charge in [0.05, 0.1) is 0 Å². The standard InChI is InChI=1S/C23H38O2/c1-9-10-11-23(7,8)18-13-20(24)22(21(25)14-18)19(12-15(2)3)17(6)16(4)5/h12-14,16-17,19,24-25H,9-11H2,1-8H3. The van der Waals surface area contributed by atoms with E-state index >= 15 is 0 Å². The Bertz CT molecular complexity index is 569. The van der Waals surface area contributed by atoms with Crippen molar-refractivity contribution in [3.8, 4) is 11.5 Å². The van der Waals surface area contributed by atoms with Crippen molar-refractivity contribution in [2.24, 2.45) is 11.8 Å². The van der Waals surface area contributed by atoms with Gasteiger partial charge >= 0.3 is 0 Å². The van der Waals surface area contributed by atoms with Gasteiger partial charge in [0, 0.05) is 11.5 Å². The van der Waals surface area contributed by atoms with Crippen LogP contribution in [0.5, 0.6) is 11.5 Å². The zero-order chi connectivity index (χ0) is 19.4. The highest BCUT2D eigenvalue weighted by Crippen LogP contribution is 2.44. The largest absolute Gasteiger partial charge is 0.507 e. The SMILES string of the molecule is CCCCC(C)(C)c1cc(O)c(C(C=C(C)C)C(C)C(C)C)c(O)c1. The predicted molar refractivity (Wildman–Crippen MR) is 108 cm³/mol. The molecule has 0 aliphatic heterocycles. The Kier molecular flexibility index (Phi) is 7.59. The summed E-state index contributed by atoms with van der Waals surface area (Å²) in [6, 6.07) is 3.73. The van der Waals surface area contributed by atoms with Crippen LogP contribution in [0, 0.1) is 11.8 Å². The Morgan fingerprint density at radius 3 is 2.00 bits per heavy atom. The average molecular weight is 347 g/mol. The van der Waals surface area contributed by atoms with Gasteiger partial charge in [0.25, 0.3) is 0 Å². The van der Waals surface area contributed by atoms with Crippen LogP contribution in [0.2, 0.25) is 0 Å². The monoisotopic (exact) mass is 346 g/mol. The van der Waals surface area contributed by atoms with Crippen LogP contribution in [0.25, 0.3) is 0 Å². The summed E-state index contributed by atoms with van der Waals surface area (Å²) in [4.78, 5) is 0. The third-order valence-corrected chi connectivity index (χ3v) is 5.54. The van der Waals surface area contributed by atoms with Crippen molar-refractivity contribution in [1.29, 1.82) is 0 Å². The van der Waals surface area contributed by atoms with E-state index in [4.69, 9.17) is 0 Å². The van der Waals surface area contributed by atoms with Crippen molar-refractivity contribution in [1.82, 2.24) is 0 Å². The van der Waals surface area contributed by atoms with Crippen LogP contribution in [0.15, 0.2) is 23.8 Å². The molecule has 1 aromatic carbocycles. The Morgan fingerprint density at radius 1 is 1.08 bits per heavy atom. The molecule has 142 valence electrons. The lowest BCUT2D eigenvalue weighted by Crippen LogP contribution is -2.18. The number of phenolic OH excluding ortho intramolecular Hbond substituents is 2. The van der Waals surface area contributed by atoms with Gasteiger partial charge in [-0.05, 0) is 55.2 Å². The molecule has 0 radical (unpaired) electrons. The number of aromatic hydroxyl groups is 2. The van der Waals surface area contributed by atoms with E-state index in [1.165, 1.54) is 5.57 Å². The van der Waals surface area contributed by atoms with E-state index in [0.717, 1.165) is 24.8 Å². The van der Waals surface area contributed by atoms with Crippen LogP contribution in [0.1, 0.15) is 91.7 Å². The highest BCUT2D eigenvalue weighted by Gasteiger charge is 2.28. The maximum absolute atomic E-state index is 10.8. The molecular formula is C23H38O2. The molecule has 0 aliphatic carbocycles. The van der Waals surface area contributed by atoms with E-state index < -0.39 is 0 Å². The van der Waals surface area contributed by atoms with Crippen molar-refractivity contribution in [2.75, 3.05) is 0 Å². The first kappa shape index (κ1) is 21.6. The van der Waals surface area contributed by atoms with Crippen LogP contribution in [-0.2, 0) is 5.41 Å². The molecule has 2 unspecified atom stereocenters. The lowest BCUT2D eigenvalue weighted by molar-refractivity contribution is 0.357. The van der Waals surface area contributed by atoms with Crippen molar-refractivity contribution < 1.29 is 10.2 Å². The van der Waals surface area contributed by atoms with Gasteiger partial charge in [-0.25, -0.2) is 0 Å². The molecule has 0 aliphatic rings.